The molecule has 0 fully saturated rings. The first-order valence-electron chi connectivity index (χ1n) is 4.25. The summed E-state index contributed by atoms with van der Waals surface area (Å²) in [6, 6.07) is 12.1. The first-order chi connectivity index (χ1) is 8.17. The minimum absolute atomic E-state index is 0. The zero-order chi connectivity index (χ0) is 14.3. The van der Waals surface area contributed by atoms with Crippen LogP contribution in [-0.2, 0) is 36.7 Å². The van der Waals surface area contributed by atoms with Crippen molar-refractivity contribution in [1.82, 2.24) is 0 Å². The molecule has 0 bridgehead atoms. The fourth-order valence-electron chi connectivity index (χ4n) is 0.919. The minimum Gasteiger partial charge on any atom is 0 e. The predicted octanol–water partition coefficient (Wildman–Crippen LogP) is 2.37. The Balaban J connectivity index is -0.000000123. The van der Waals surface area contributed by atoms with Gasteiger partial charge in [-0.15, -0.1) is 0 Å². The largest absolute Gasteiger partial charge is 0 e. The van der Waals surface area contributed by atoms with E-state index in [4.69, 9.17) is 19.2 Å². The van der Waals surface area contributed by atoms with Gasteiger partial charge in [0.1, 0.15) is 0 Å². The standard InChI is InChI=1S/C10H11N.3CO.Cr/c1-10(2,8-11)9-6-4-3-5-7-9;3*1-2;/h3-7H,1-2H3;;;;. The third-order valence-corrected chi connectivity index (χ3v) is 1.77. The van der Waals surface area contributed by atoms with Crippen molar-refractivity contribution in [3.8, 4) is 6.07 Å². The summed E-state index contributed by atoms with van der Waals surface area (Å²) >= 11 is 0. The van der Waals surface area contributed by atoms with Crippen molar-refractivity contribution in [2.24, 2.45) is 0 Å². The Hall–Kier alpha value is -1.54. The second kappa shape index (κ2) is 17.8. The van der Waals surface area contributed by atoms with E-state index in [9.17, 15) is 0 Å². The molecular formula is C13H11CrNO3. The second-order valence-corrected chi connectivity index (χ2v) is 3.10. The molecule has 0 aliphatic heterocycles. The Bertz CT molecular complexity index is 374. The van der Waals surface area contributed by atoms with Crippen LogP contribution in [0.5, 0.6) is 0 Å². The summed E-state index contributed by atoms with van der Waals surface area (Å²) in [6.07, 6.45) is 0. The van der Waals surface area contributed by atoms with Gasteiger partial charge in [-0.05, 0) is 19.4 Å². The van der Waals surface area contributed by atoms with Gasteiger partial charge in [-0.2, -0.15) is 5.26 Å². The molecule has 0 aliphatic rings. The zero-order valence-electron chi connectivity index (χ0n) is 9.97. The Morgan fingerprint density at radius 2 is 1.28 bits per heavy atom. The van der Waals surface area contributed by atoms with Crippen LogP contribution in [0.4, 0.5) is 0 Å². The Labute approximate surface area is 118 Å². The van der Waals surface area contributed by atoms with Crippen LogP contribution in [0.15, 0.2) is 30.3 Å². The van der Waals surface area contributed by atoms with Crippen molar-refractivity contribution in [1.29, 1.82) is 5.26 Å². The van der Waals surface area contributed by atoms with Gasteiger partial charge in [0.15, 0.2) is 0 Å². The summed E-state index contributed by atoms with van der Waals surface area (Å²) in [6.45, 7) is 17.3. The van der Waals surface area contributed by atoms with E-state index in [1.54, 1.807) is 0 Å². The van der Waals surface area contributed by atoms with E-state index in [1.165, 1.54) is 0 Å². The van der Waals surface area contributed by atoms with Crippen LogP contribution in [-0.4, -0.2) is 0 Å². The molecule has 18 heavy (non-hydrogen) atoms. The minimum atomic E-state index is -0.360. The number of nitrogens with zero attached hydrogens (tertiary/aromatic N) is 1. The van der Waals surface area contributed by atoms with Crippen molar-refractivity contribution >= 4 is 0 Å². The van der Waals surface area contributed by atoms with Crippen LogP contribution in [0.3, 0.4) is 0 Å². The molecule has 0 saturated heterocycles. The molecule has 0 aliphatic carbocycles. The van der Waals surface area contributed by atoms with Gasteiger partial charge >= 0.3 is 33.9 Å². The molecule has 0 unspecified atom stereocenters. The molecular weight excluding hydrogens is 270 g/mol. The third-order valence-electron chi connectivity index (χ3n) is 1.77. The topological polar surface area (TPSA) is 83.5 Å². The third kappa shape index (κ3) is 11.0. The molecule has 0 N–H and O–H groups in total. The molecule has 1 aromatic carbocycles. The molecule has 0 radical (unpaired) electrons. The average Bonchev–Trinajstić information content (AvgIpc) is 2.46. The predicted molar refractivity (Wildman–Crippen MR) is 56.9 cm³/mol. The molecule has 0 saturated carbocycles. The van der Waals surface area contributed by atoms with Crippen LogP contribution in [0.1, 0.15) is 19.4 Å². The van der Waals surface area contributed by atoms with E-state index in [2.05, 4.69) is 26.0 Å². The molecule has 4 nitrogen and oxygen atoms in total. The van der Waals surface area contributed by atoms with Crippen molar-refractivity contribution < 1.29 is 31.3 Å². The number of hydrogen-bond acceptors (Lipinski definition) is 1. The molecule has 1 aromatic rings. The average molecular weight is 281 g/mol. The molecule has 0 atom stereocenters. The van der Waals surface area contributed by atoms with E-state index in [0.717, 1.165) is 5.56 Å². The van der Waals surface area contributed by atoms with Gasteiger partial charge in [-0.1, -0.05) is 30.3 Å². The maximum atomic E-state index is 8.80. The molecule has 5 heteroatoms. The van der Waals surface area contributed by atoms with E-state index < -0.39 is 0 Å². The normalized spacial score (nSPS) is 6.83. The zero-order valence-corrected chi connectivity index (χ0v) is 11.2. The molecule has 92 valence electrons. The summed E-state index contributed by atoms with van der Waals surface area (Å²) in [5, 5.41) is 8.80. The maximum absolute atomic E-state index is 8.80. The quantitative estimate of drug-likeness (QED) is 0.574. The summed E-state index contributed by atoms with van der Waals surface area (Å²) in [5.74, 6) is 0. The molecule has 0 amide bonds. The van der Waals surface area contributed by atoms with Crippen molar-refractivity contribution in [2.75, 3.05) is 0 Å². The smallest absolute Gasteiger partial charge is 0 e. The van der Waals surface area contributed by atoms with Gasteiger partial charge in [0, 0.05) is 17.4 Å². The van der Waals surface area contributed by atoms with Crippen LogP contribution in [0, 0.1) is 31.3 Å². The Morgan fingerprint density at radius 3 is 1.56 bits per heavy atom. The second-order valence-electron chi connectivity index (χ2n) is 3.10. The van der Waals surface area contributed by atoms with Crippen molar-refractivity contribution in [3.63, 3.8) is 0 Å². The molecule has 1 rings (SSSR count). The van der Waals surface area contributed by atoms with Crippen LogP contribution in [0.25, 0.3) is 0 Å². The van der Waals surface area contributed by atoms with E-state index in [0.29, 0.717) is 0 Å². The number of nitriles is 1. The van der Waals surface area contributed by atoms with Gasteiger partial charge < -0.3 is 0 Å². The van der Waals surface area contributed by atoms with Crippen molar-refractivity contribution in [2.45, 2.75) is 19.3 Å². The Kier molecular flexibility index (Phi) is 25.1. The SMILES string of the molecule is CC(C)(C#N)c1ccccc1.[C-]#[O+].[C-]#[O+].[C-]#[O+].[Cr]. The Morgan fingerprint density at radius 1 is 0.944 bits per heavy atom. The first kappa shape index (κ1) is 25.3. The molecule has 0 heterocycles. The monoisotopic (exact) mass is 281 g/mol. The summed E-state index contributed by atoms with van der Waals surface area (Å²) in [4.78, 5) is 0. The summed E-state index contributed by atoms with van der Waals surface area (Å²) in [5.41, 5.74) is 0.712. The fourth-order valence-corrected chi connectivity index (χ4v) is 0.919. The van der Waals surface area contributed by atoms with Gasteiger partial charge in [0.25, 0.3) is 0 Å². The van der Waals surface area contributed by atoms with Gasteiger partial charge in [0.2, 0.25) is 0 Å². The van der Waals surface area contributed by atoms with Crippen molar-refractivity contribution in [3.05, 3.63) is 55.8 Å². The molecule has 0 spiro atoms. The first-order valence-corrected chi connectivity index (χ1v) is 4.25. The van der Waals surface area contributed by atoms with E-state index in [1.807, 2.05) is 44.2 Å². The number of hydrogen-bond donors (Lipinski definition) is 0. The number of rotatable bonds is 1. The summed E-state index contributed by atoms with van der Waals surface area (Å²) in [7, 11) is 0. The fraction of sp³-hybridized carbons (Fsp3) is 0.231. The summed E-state index contributed by atoms with van der Waals surface area (Å²) < 4.78 is 22.5. The van der Waals surface area contributed by atoms with E-state index >= 15 is 0 Å². The van der Waals surface area contributed by atoms with Gasteiger partial charge in [0.05, 0.1) is 11.5 Å². The van der Waals surface area contributed by atoms with Crippen LogP contribution >= 0.6 is 0 Å². The molecule has 0 aromatic heterocycles. The van der Waals surface area contributed by atoms with Crippen LogP contribution < -0.4 is 0 Å². The number of benzene rings is 1. The van der Waals surface area contributed by atoms with Gasteiger partial charge in [-0.25, -0.2) is 0 Å². The van der Waals surface area contributed by atoms with Gasteiger partial charge in [-0.3, -0.25) is 0 Å². The maximum Gasteiger partial charge on any atom is 0 e. The van der Waals surface area contributed by atoms with Crippen LogP contribution in [0.2, 0.25) is 0 Å². The van der Waals surface area contributed by atoms with E-state index in [-0.39, 0.29) is 22.8 Å².